The number of rotatable bonds is 5. The van der Waals surface area contributed by atoms with Crippen molar-refractivity contribution in [1.29, 1.82) is 0 Å². The number of piperazine rings is 1. The summed E-state index contributed by atoms with van der Waals surface area (Å²) in [7, 11) is 0. The molecule has 3 aromatic carbocycles. The Kier molecular flexibility index (Phi) is 6.15. The largest absolute Gasteiger partial charge is 0.352 e. The van der Waals surface area contributed by atoms with Gasteiger partial charge in [0.1, 0.15) is 6.04 Å². The lowest BCUT2D eigenvalue weighted by Crippen LogP contribution is -2.52. The molecule has 0 spiro atoms. The van der Waals surface area contributed by atoms with Crippen molar-refractivity contribution in [3.8, 4) is 0 Å². The predicted octanol–water partition coefficient (Wildman–Crippen LogP) is 4.56. The Balaban J connectivity index is 1.64. The Morgan fingerprint density at radius 2 is 1.60 bits per heavy atom. The molecule has 0 aliphatic carbocycles. The second-order valence-corrected chi connectivity index (χ2v) is 7.85. The van der Waals surface area contributed by atoms with E-state index >= 15 is 0 Å². The number of hydrogen-bond acceptors (Lipinski definition) is 2. The molecule has 0 aromatic heterocycles. The van der Waals surface area contributed by atoms with Crippen molar-refractivity contribution in [2.75, 3.05) is 13.1 Å². The van der Waals surface area contributed by atoms with Gasteiger partial charge in [0.2, 0.25) is 11.8 Å². The van der Waals surface area contributed by atoms with Crippen LogP contribution in [0.4, 0.5) is 0 Å². The third-order valence-electron chi connectivity index (χ3n) is 5.48. The predicted molar refractivity (Wildman–Crippen MR) is 118 cm³/mol. The summed E-state index contributed by atoms with van der Waals surface area (Å²) < 4.78 is 0. The van der Waals surface area contributed by atoms with E-state index in [4.69, 9.17) is 11.6 Å². The van der Waals surface area contributed by atoms with Crippen LogP contribution in [0, 0.1) is 0 Å². The molecule has 1 aliphatic heterocycles. The van der Waals surface area contributed by atoms with Crippen LogP contribution >= 0.6 is 11.6 Å². The average Bonchev–Trinajstić information content (AvgIpc) is 2.78. The quantitative estimate of drug-likeness (QED) is 0.660. The number of carbonyl (C=O) groups excluding carboxylic acids is 2. The number of amides is 2. The van der Waals surface area contributed by atoms with Crippen LogP contribution in [0.15, 0.2) is 84.9 Å². The Bertz CT molecular complexity index is 984. The molecule has 3 aromatic rings. The number of nitrogens with one attached hydrogen (secondary N) is 1. The summed E-state index contributed by atoms with van der Waals surface area (Å²) >= 11 is 6.15. The van der Waals surface area contributed by atoms with E-state index in [0.29, 0.717) is 24.5 Å². The molecule has 1 atom stereocenters. The van der Waals surface area contributed by atoms with E-state index in [1.54, 1.807) is 23.1 Å². The molecular weight excluding hydrogens is 396 g/mol. The van der Waals surface area contributed by atoms with E-state index in [0.717, 1.165) is 16.7 Å². The van der Waals surface area contributed by atoms with Gasteiger partial charge in [-0.1, -0.05) is 84.4 Å². The first-order chi connectivity index (χ1) is 14.6. The van der Waals surface area contributed by atoms with Gasteiger partial charge in [0.15, 0.2) is 0 Å². The van der Waals surface area contributed by atoms with Gasteiger partial charge in [-0.2, -0.15) is 0 Å². The van der Waals surface area contributed by atoms with Crippen LogP contribution in [0.3, 0.4) is 0 Å². The molecule has 2 amide bonds. The van der Waals surface area contributed by atoms with Gasteiger partial charge < -0.3 is 10.2 Å². The molecule has 5 heteroatoms. The van der Waals surface area contributed by atoms with Crippen molar-refractivity contribution in [2.45, 2.75) is 18.4 Å². The number of nitrogens with zero attached hydrogens (tertiary/aromatic N) is 1. The van der Waals surface area contributed by atoms with Gasteiger partial charge in [0, 0.05) is 30.5 Å². The van der Waals surface area contributed by atoms with Crippen molar-refractivity contribution < 1.29 is 9.59 Å². The molecule has 1 heterocycles. The molecule has 1 N–H and O–H groups in total. The minimum atomic E-state index is -0.669. The fourth-order valence-electron chi connectivity index (χ4n) is 4.03. The Labute approximate surface area is 181 Å². The lowest BCUT2D eigenvalue weighted by atomic mass is 9.87. The topological polar surface area (TPSA) is 49.4 Å². The van der Waals surface area contributed by atoms with E-state index in [9.17, 15) is 9.59 Å². The van der Waals surface area contributed by atoms with Crippen LogP contribution < -0.4 is 5.32 Å². The van der Waals surface area contributed by atoms with Gasteiger partial charge in [-0.05, 0) is 28.8 Å². The first-order valence-electron chi connectivity index (χ1n) is 10.1. The van der Waals surface area contributed by atoms with Crippen LogP contribution in [-0.4, -0.2) is 29.8 Å². The second kappa shape index (κ2) is 9.14. The number of carbonyl (C=O) groups is 2. The first kappa shape index (κ1) is 20.2. The third-order valence-corrected chi connectivity index (χ3v) is 5.71. The molecule has 1 aliphatic rings. The van der Waals surface area contributed by atoms with Gasteiger partial charge in [-0.3, -0.25) is 9.59 Å². The fraction of sp³-hybridized carbons (Fsp3) is 0.200. The Hall–Kier alpha value is -3.11. The highest BCUT2D eigenvalue weighted by Crippen LogP contribution is 2.32. The molecule has 152 valence electrons. The van der Waals surface area contributed by atoms with Gasteiger partial charge >= 0.3 is 0 Å². The summed E-state index contributed by atoms with van der Waals surface area (Å²) in [5.41, 5.74) is 2.89. The maximum absolute atomic E-state index is 13.5. The molecule has 0 radical (unpaired) electrons. The van der Waals surface area contributed by atoms with E-state index < -0.39 is 6.04 Å². The lowest BCUT2D eigenvalue weighted by molar-refractivity contribution is -0.143. The highest BCUT2D eigenvalue weighted by Gasteiger charge is 2.35. The van der Waals surface area contributed by atoms with E-state index in [-0.39, 0.29) is 17.7 Å². The molecule has 0 bridgehead atoms. The van der Waals surface area contributed by atoms with Crippen molar-refractivity contribution in [3.63, 3.8) is 0 Å². The molecule has 4 rings (SSSR count). The van der Waals surface area contributed by atoms with Crippen molar-refractivity contribution in [2.24, 2.45) is 0 Å². The van der Waals surface area contributed by atoms with E-state index in [1.165, 1.54) is 0 Å². The van der Waals surface area contributed by atoms with E-state index in [2.05, 4.69) is 5.32 Å². The molecule has 30 heavy (non-hydrogen) atoms. The molecule has 0 saturated carbocycles. The van der Waals surface area contributed by atoms with Gasteiger partial charge in [-0.15, -0.1) is 0 Å². The highest BCUT2D eigenvalue weighted by atomic mass is 35.5. The Morgan fingerprint density at radius 1 is 0.967 bits per heavy atom. The van der Waals surface area contributed by atoms with Crippen molar-refractivity contribution in [1.82, 2.24) is 10.2 Å². The minimum absolute atomic E-state index is 0.0486. The Morgan fingerprint density at radius 3 is 2.20 bits per heavy atom. The molecule has 1 saturated heterocycles. The summed E-state index contributed by atoms with van der Waals surface area (Å²) in [5, 5.41) is 3.42. The number of halogens is 1. The van der Waals surface area contributed by atoms with Gasteiger partial charge in [0.05, 0.1) is 0 Å². The summed E-state index contributed by atoms with van der Waals surface area (Å²) in [4.78, 5) is 27.9. The fourth-order valence-corrected chi connectivity index (χ4v) is 4.23. The zero-order valence-corrected chi connectivity index (χ0v) is 17.3. The summed E-state index contributed by atoms with van der Waals surface area (Å²) in [6.07, 6.45) is 0.290. The molecule has 1 unspecified atom stereocenters. The average molecular weight is 419 g/mol. The zero-order valence-electron chi connectivity index (χ0n) is 16.5. The zero-order chi connectivity index (χ0) is 20.9. The SMILES string of the molecule is O=C1NCCN(C(=O)CC(c2ccccc2)c2ccccc2)C1c1cccc(Cl)c1. The van der Waals surface area contributed by atoms with Gasteiger partial charge in [-0.25, -0.2) is 0 Å². The van der Waals surface area contributed by atoms with Crippen LogP contribution in [0.1, 0.15) is 35.1 Å². The van der Waals surface area contributed by atoms with Crippen molar-refractivity contribution >= 4 is 23.4 Å². The third kappa shape index (κ3) is 4.39. The molecular formula is C25H23ClN2O2. The number of benzene rings is 3. The highest BCUT2D eigenvalue weighted by molar-refractivity contribution is 6.30. The normalized spacial score (nSPS) is 16.4. The maximum Gasteiger partial charge on any atom is 0.247 e. The van der Waals surface area contributed by atoms with Crippen LogP contribution in [0.2, 0.25) is 5.02 Å². The van der Waals surface area contributed by atoms with Crippen LogP contribution in [0.5, 0.6) is 0 Å². The standard InChI is InChI=1S/C25H23ClN2O2/c26-21-13-7-12-20(16-21)24-25(30)27-14-15-28(24)23(29)17-22(18-8-3-1-4-9-18)19-10-5-2-6-11-19/h1-13,16,22,24H,14-15,17H2,(H,27,30). The molecule has 4 nitrogen and oxygen atoms in total. The monoisotopic (exact) mass is 418 g/mol. The van der Waals surface area contributed by atoms with Crippen molar-refractivity contribution in [3.05, 3.63) is 107 Å². The molecule has 1 fully saturated rings. The van der Waals surface area contributed by atoms with Gasteiger partial charge in [0.25, 0.3) is 0 Å². The maximum atomic E-state index is 13.5. The van der Waals surface area contributed by atoms with Crippen LogP contribution in [0.25, 0.3) is 0 Å². The summed E-state index contributed by atoms with van der Waals surface area (Å²) in [6, 6.07) is 26.5. The number of hydrogen-bond donors (Lipinski definition) is 1. The minimum Gasteiger partial charge on any atom is -0.352 e. The summed E-state index contributed by atoms with van der Waals surface area (Å²) in [5.74, 6) is -0.301. The first-order valence-corrected chi connectivity index (χ1v) is 10.4. The smallest absolute Gasteiger partial charge is 0.247 e. The second-order valence-electron chi connectivity index (χ2n) is 7.41. The lowest BCUT2D eigenvalue weighted by Gasteiger charge is -2.36. The van der Waals surface area contributed by atoms with E-state index in [1.807, 2.05) is 66.7 Å². The van der Waals surface area contributed by atoms with Crippen LogP contribution in [-0.2, 0) is 9.59 Å². The summed E-state index contributed by atoms with van der Waals surface area (Å²) in [6.45, 7) is 0.918.